The van der Waals surface area contributed by atoms with Gasteiger partial charge < -0.3 is 5.73 Å². The van der Waals surface area contributed by atoms with Crippen molar-refractivity contribution in [2.45, 2.75) is 38.8 Å². The van der Waals surface area contributed by atoms with E-state index in [2.05, 4.69) is 39.0 Å². The average molecular weight is 297 g/mol. The summed E-state index contributed by atoms with van der Waals surface area (Å²) in [6, 6.07) is 6.49. The lowest BCUT2D eigenvalue weighted by molar-refractivity contribution is 0.276. The summed E-state index contributed by atoms with van der Waals surface area (Å²) in [5.41, 5.74) is 8.21. The van der Waals surface area contributed by atoms with Crippen molar-refractivity contribution in [2.24, 2.45) is 5.73 Å². The topological polar surface area (TPSA) is 29.3 Å². The highest BCUT2D eigenvalue weighted by Gasteiger charge is 2.11. The van der Waals surface area contributed by atoms with E-state index in [-0.39, 0.29) is 0 Å². The predicted molar refractivity (Wildman–Crippen MR) is 75.8 cm³/mol. The molecule has 1 aromatic carbocycles. The molecule has 2 nitrogen and oxygen atoms in total. The first-order valence-electron chi connectivity index (χ1n) is 6.49. The van der Waals surface area contributed by atoms with Crippen molar-refractivity contribution in [3.05, 3.63) is 33.8 Å². The largest absolute Gasteiger partial charge is 0.326 e. The van der Waals surface area contributed by atoms with Crippen LogP contribution in [0.1, 0.15) is 36.8 Å². The first-order chi connectivity index (χ1) is 8.29. The molecule has 0 spiro atoms. The molecule has 0 saturated carbocycles. The maximum absolute atomic E-state index is 5.64. The van der Waals surface area contributed by atoms with Crippen LogP contribution in [-0.2, 0) is 13.1 Å². The molecule has 3 heteroatoms. The van der Waals surface area contributed by atoms with Crippen LogP contribution in [-0.4, -0.2) is 18.0 Å². The Morgan fingerprint density at radius 1 is 1.12 bits per heavy atom. The fourth-order valence-electron chi connectivity index (χ4n) is 2.38. The number of likely N-dealkylation sites (tertiary alicyclic amines) is 1. The molecule has 1 saturated heterocycles. The number of hydrogen-bond donors (Lipinski definition) is 1. The Bertz CT molecular complexity index is 357. The summed E-state index contributed by atoms with van der Waals surface area (Å²) in [6.45, 7) is 4.16. The van der Waals surface area contributed by atoms with Crippen molar-refractivity contribution >= 4 is 15.9 Å². The maximum atomic E-state index is 5.64. The average Bonchev–Trinajstić information content (AvgIpc) is 2.60. The molecule has 1 aromatic rings. The van der Waals surface area contributed by atoms with Gasteiger partial charge in [-0.1, -0.05) is 40.9 Å². The molecule has 1 fully saturated rings. The Hall–Kier alpha value is -0.380. The molecule has 0 radical (unpaired) electrons. The zero-order valence-corrected chi connectivity index (χ0v) is 11.9. The first kappa shape index (κ1) is 13.1. The number of halogens is 1. The molecule has 1 heterocycles. The molecule has 1 aliphatic heterocycles. The minimum absolute atomic E-state index is 0.614. The third-order valence-electron chi connectivity index (χ3n) is 3.45. The van der Waals surface area contributed by atoms with Crippen molar-refractivity contribution in [1.82, 2.24) is 4.90 Å². The highest BCUT2D eigenvalue weighted by molar-refractivity contribution is 9.10. The van der Waals surface area contributed by atoms with E-state index in [9.17, 15) is 0 Å². The fraction of sp³-hybridized carbons (Fsp3) is 0.571. The molecule has 17 heavy (non-hydrogen) atoms. The van der Waals surface area contributed by atoms with Gasteiger partial charge in [-0.05, 0) is 43.1 Å². The molecule has 0 aromatic heterocycles. The Morgan fingerprint density at radius 2 is 1.82 bits per heavy atom. The standard InChI is InChI=1S/C14H21BrN2/c15-14-9-12(10-16)5-6-13(14)11-17-7-3-1-2-4-8-17/h5-6,9H,1-4,7-8,10-11,16H2. The molecule has 0 atom stereocenters. The summed E-state index contributed by atoms with van der Waals surface area (Å²) in [4.78, 5) is 2.56. The quantitative estimate of drug-likeness (QED) is 0.927. The molecule has 0 amide bonds. The summed E-state index contributed by atoms with van der Waals surface area (Å²) in [6.07, 6.45) is 5.48. The summed E-state index contributed by atoms with van der Waals surface area (Å²) in [5, 5.41) is 0. The zero-order chi connectivity index (χ0) is 12.1. The second kappa shape index (κ2) is 6.53. The van der Waals surface area contributed by atoms with Crippen LogP contribution in [0.2, 0.25) is 0 Å². The van der Waals surface area contributed by atoms with Crippen molar-refractivity contribution in [2.75, 3.05) is 13.1 Å². The summed E-state index contributed by atoms with van der Waals surface area (Å²) < 4.78 is 1.20. The van der Waals surface area contributed by atoms with Gasteiger partial charge in [0.15, 0.2) is 0 Å². The lowest BCUT2D eigenvalue weighted by Gasteiger charge is -2.20. The first-order valence-corrected chi connectivity index (χ1v) is 7.28. The molecular formula is C14H21BrN2. The van der Waals surface area contributed by atoms with E-state index in [4.69, 9.17) is 5.73 Å². The van der Waals surface area contributed by atoms with E-state index >= 15 is 0 Å². The number of rotatable bonds is 3. The minimum atomic E-state index is 0.614. The summed E-state index contributed by atoms with van der Waals surface area (Å²) in [7, 11) is 0. The van der Waals surface area contributed by atoms with Gasteiger partial charge >= 0.3 is 0 Å². The molecule has 2 N–H and O–H groups in total. The van der Waals surface area contributed by atoms with Crippen LogP contribution in [0.4, 0.5) is 0 Å². The highest BCUT2D eigenvalue weighted by atomic mass is 79.9. The third kappa shape index (κ3) is 3.80. The Kier molecular flexibility index (Phi) is 5.01. The monoisotopic (exact) mass is 296 g/mol. The normalized spacial score (nSPS) is 18.0. The number of benzene rings is 1. The van der Waals surface area contributed by atoms with Gasteiger partial charge in [0.05, 0.1) is 0 Å². The van der Waals surface area contributed by atoms with Crippen LogP contribution in [0, 0.1) is 0 Å². The SMILES string of the molecule is NCc1ccc(CN2CCCCCC2)c(Br)c1. The van der Waals surface area contributed by atoms with Gasteiger partial charge in [-0.15, -0.1) is 0 Å². The second-order valence-corrected chi connectivity index (χ2v) is 5.67. The summed E-state index contributed by atoms with van der Waals surface area (Å²) >= 11 is 3.65. The molecule has 2 rings (SSSR count). The number of nitrogens with two attached hydrogens (primary N) is 1. The van der Waals surface area contributed by atoms with E-state index in [1.54, 1.807) is 0 Å². The zero-order valence-electron chi connectivity index (χ0n) is 10.3. The van der Waals surface area contributed by atoms with Crippen LogP contribution in [0.15, 0.2) is 22.7 Å². The van der Waals surface area contributed by atoms with Crippen LogP contribution in [0.3, 0.4) is 0 Å². The summed E-state index contributed by atoms with van der Waals surface area (Å²) in [5.74, 6) is 0. The lowest BCUT2D eigenvalue weighted by Crippen LogP contribution is -2.24. The van der Waals surface area contributed by atoms with E-state index in [0.717, 1.165) is 6.54 Å². The molecular weight excluding hydrogens is 276 g/mol. The molecule has 0 bridgehead atoms. The minimum Gasteiger partial charge on any atom is -0.326 e. The van der Waals surface area contributed by atoms with Gasteiger partial charge in [0.2, 0.25) is 0 Å². The van der Waals surface area contributed by atoms with Gasteiger partial charge in [-0.25, -0.2) is 0 Å². The Morgan fingerprint density at radius 3 is 2.41 bits per heavy atom. The number of nitrogens with zero attached hydrogens (tertiary/aromatic N) is 1. The third-order valence-corrected chi connectivity index (χ3v) is 4.18. The van der Waals surface area contributed by atoms with E-state index in [0.29, 0.717) is 6.54 Å². The van der Waals surface area contributed by atoms with Gasteiger partial charge in [0, 0.05) is 17.6 Å². The lowest BCUT2D eigenvalue weighted by atomic mass is 10.1. The van der Waals surface area contributed by atoms with Gasteiger partial charge in [-0.2, -0.15) is 0 Å². The maximum Gasteiger partial charge on any atom is 0.0244 e. The van der Waals surface area contributed by atoms with E-state index in [1.165, 1.54) is 54.4 Å². The van der Waals surface area contributed by atoms with Crippen LogP contribution < -0.4 is 5.73 Å². The number of hydrogen-bond acceptors (Lipinski definition) is 2. The van der Waals surface area contributed by atoms with Crippen molar-refractivity contribution < 1.29 is 0 Å². The van der Waals surface area contributed by atoms with Gasteiger partial charge in [0.25, 0.3) is 0 Å². The van der Waals surface area contributed by atoms with E-state index in [1.807, 2.05) is 0 Å². The second-order valence-electron chi connectivity index (χ2n) is 4.82. The Labute approximate surface area is 112 Å². The van der Waals surface area contributed by atoms with Crippen LogP contribution in [0.25, 0.3) is 0 Å². The van der Waals surface area contributed by atoms with Crippen LogP contribution >= 0.6 is 15.9 Å². The Balaban J connectivity index is 2.01. The van der Waals surface area contributed by atoms with Crippen molar-refractivity contribution in [1.29, 1.82) is 0 Å². The molecule has 0 aliphatic carbocycles. The predicted octanol–water partition coefficient (Wildman–Crippen LogP) is 3.28. The van der Waals surface area contributed by atoms with Gasteiger partial charge in [0.1, 0.15) is 0 Å². The van der Waals surface area contributed by atoms with E-state index < -0.39 is 0 Å². The van der Waals surface area contributed by atoms with Crippen molar-refractivity contribution in [3.8, 4) is 0 Å². The van der Waals surface area contributed by atoms with Crippen molar-refractivity contribution in [3.63, 3.8) is 0 Å². The highest BCUT2D eigenvalue weighted by Crippen LogP contribution is 2.21. The molecule has 1 aliphatic rings. The fourth-order valence-corrected chi connectivity index (χ4v) is 2.93. The molecule has 94 valence electrons. The molecule has 0 unspecified atom stereocenters. The van der Waals surface area contributed by atoms with Gasteiger partial charge in [-0.3, -0.25) is 4.90 Å². The van der Waals surface area contributed by atoms with Crippen LogP contribution in [0.5, 0.6) is 0 Å². The smallest absolute Gasteiger partial charge is 0.0244 e.